The zero-order valence-corrected chi connectivity index (χ0v) is 45.9. The Morgan fingerprint density at radius 1 is 0.278 bits per heavy atom. The van der Waals surface area contributed by atoms with Crippen LogP contribution in [0.25, 0.3) is 0 Å². The van der Waals surface area contributed by atoms with Gasteiger partial charge in [-0.1, -0.05) is 230 Å². The monoisotopic (exact) mass is 991 g/mol. The van der Waals surface area contributed by atoms with E-state index in [-0.39, 0.29) is 37.5 Å². The number of rotatable bonds is 49. The molecule has 0 aliphatic carbocycles. The Hall–Kier alpha value is -4.97. The molecule has 1 atom stereocenters. The lowest BCUT2D eigenvalue weighted by Crippen LogP contribution is -2.30. The second-order valence-corrected chi connectivity index (χ2v) is 18.0. The molecule has 0 bridgehead atoms. The first-order valence-electron chi connectivity index (χ1n) is 28.5. The normalized spacial score (nSPS) is 13.3. The molecule has 0 aliphatic rings. The maximum Gasteiger partial charge on any atom is 0.306 e. The molecule has 0 aromatic carbocycles. The fraction of sp³-hybridized carbons (Fsp3) is 0.561. The van der Waals surface area contributed by atoms with Gasteiger partial charge in [0, 0.05) is 19.3 Å². The van der Waals surface area contributed by atoms with Gasteiger partial charge in [-0.05, 0) is 128 Å². The number of carbonyl (C=O) groups excluding carboxylic acids is 3. The lowest BCUT2D eigenvalue weighted by Gasteiger charge is -2.18. The summed E-state index contributed by atoms with van der Waals surface area (Å²) >= 11 is 0. The van der Waals surface area contributed by atoms with Gasteiger partial charge in [0.1, 0.15) is 13.2 Å². The summed E-state index contributed by atoms with van der Waals surface area (Å²) in [6.45, 7) is 6.19. The van der Waals surface area contributed by atoms with E-state index in [4.69, 9.17) is 14.2 Å². The highest BCUT2D eigenvalue weighted by Gasteiger charge is 2.19. The Balaban J connectivity index is 4.58. The van der Waals surface area contributed by atoms with Crippen molar-refractivity contribution in [2.24, 2.45) is 0 Å². The summed E-state index contributed by atoms with van der Waals surface area (Å²) in [6, 6.07) is 0. The maximum absolute atomic E-state index is 12.9. The highest BCUT2D eigenvalue weighted by molar-refractivity contribution is 5.71. The third-order valence-corrected chi connectivity index (χ3v) is 11.3. The Bertz CT molecular complexity index is 1660. The number of esters is 3. The number of hydrogen-bond donors (Lipinski definition) is 0. The molecule has 0 saturated heterocycles. The van der Waals surface area contributed by atoms with E-state index in [0.717, 1.165) is 135 Å². The van der Waals surface area contributed by atoms with E-state index in [1.54, 1.807) is 0 Å². The van der Waals surface area contributed by atoms with Gasteiger partial charge in [-0.25, -0.2) is 0 Å². The first-order valence-corrected chi connectivity index (χ1v) is 28.5. The predicted octanol–water partition coefficient (Wildman–Crippen LogP) is 19.4. The number of allylic oxidation sites excluding steroid dienone is 26. The Labute approximate surface area is 441 Å². The number of ether oxygens (including phenoxy) is 3. The molecule has 0 aromatic heterocycles. The molecule has 0 aliphatic heterocycles. The van der Waals surface area contributed by atoms with Gasteiger partial charge in [-0.3, -0.25) is 14.4 Å². The Morgan fingerprint density at radius 3 is 0.875 bits per heavy atom. The topological polar surface area (TPSA) is 78.9 Å². The van der Waals surface area contributed by atoms with Crippen molar-refractivity contribution in [1.29, 1.82) is 0 Å². The molecule has 0 N–H and O–H groups in total. The van der Waals surface area contributed by atoms with Crippen LogP contribution in [0.3, 0.4) is 0 Å². The van der Waals surface area contributed by atoms with Crippen molar-refractivity contribution in [3.63, 3.8) is 0 Å². The average molecular weight is 992 g/mol. The van der Waals surface area contributed by atoms with Crippen LogP contribution in [0.5, 0.6) is 0 Å². The van der Waals surface area contributed by atoms with E-state index >= 15 is 0 Å². The molecular formula is C66H102O6. The zero-order chi connectivity index (χ0) is 52.2. The van der Waals surface area contributed by atoms with Gasteiger partial charge in [-0.2, -0.15) is 0 Å². The van der Waals surface area contributed by atoms with Gasteiger partial charge in [0.15, 0.2) is 6.10 Å². The largest absolute Gasteiger partial charge is 0.462 e. The third kappa shape index (κ3) is 56.0. The quantitative estimate of drug-likeness (QED) is 0.0262. The smallest absolute Gasteiger partial charge is 0.306 e. The van der Waals surface area contributed by atoms with Gasteiger partial charge >= 0.3 is 17.9 Å². The van der Waals surface area contributed by atoms with Crippen LogP contribution in [-0.4, -0.2) is 37.2 Å². The molecule has 0 radical (unpaired) electrons. The van der Waals surface area contributed by atoms with Crippen molar-refractivity contribution in [1.82, 2.24) is 0 Å². The fourth-order valence-corrected chi connectivity index (χ4v) is 7.12. The van der Waals surface area contributed by atoms with E-state index in [0.29, 0.717) is 19.3 Å². The summed E-state index contributed by atoms with van der Waals surface area (Å²) in [4.78, 5) is 38.2. The van der Waals surface area contributed by atoms with Gasteiger partial charge in [0.25, 0.3) is 0 Å². The minimum Gasteiger partial charge on any atom is -0.462 e. The second-order valence-electron chi connectivity index (χ2n) is 18.0. The van der Waals surface area contributed by atoms with E-state index in [1.165, 1.54) is 38.5 Å². The highest BCUT2D eigenvalue weighted by Crippen LogP contribution is 2.13. The zero-order valence-electron chi connectivity index (χ0n) is 45.9. The summed E-state index contributed by atoms with van der Waals surface area (Å²) in [5, 5.41) is 0. The first kappa shape index (κ1) is 67.0. The lowest BCUT2D eigenvalue weighted by molar-refractivity contribution is -0.166. The second kappa shape index (κ2) is 58.6. The molecule has 0 amide bonds. The molecule has 0 saturated carbocycles. The van der Waals surface area contributed by atoms with Crippen LogP contribution in [0.15, 0.2) is 158 Å². The van der Waals surface area contributed by atoms with Crippen molar-refractivity contribution < 1.29 is 28.6 Å². The number of hydrogen-bond acceptors (Lipinski definition) is 6. The van der Waals surface area contributed by atoms with Crippen LogP contribution in [0, 0.1) is 0 Å². The molecule has 0 spiro atoms. The molecule has 402 valence electrons. The summed E-state index contributed by atoms with van der Waals surface area (Å²) in [5.74, 6) is -1.06. The van der Waals surface area contributed by atoms with Crippen LogP contribution < -0.4 is 0 Å². The van der Waals surface area contributed by atoms with E-state index in [2.05, 4.69) is 167 Å². The molecule has 72 heavy (non-hydrogen) atoms. The van der Waals surface area contributed by atoms with Crippen molar-refractivity contribution in [2.75, 3.05) is 13.2 Å². The van der Waals surface area contributed by atoms with Crippen LogP contribution >= 0.6 is 0 Å². The maximum atomic E-state index is 12.9. The lowest BCUT2D eigenvalue weighted by atomic mass is 10.1. The summed E-state index contributed by atoms with van der Waals surface area (Å²) in [6.07, 6.45) is 85.3. The van der Waals surface area contributed by atoms with E-state index in [1.807, 2.05) is 12.2 Å². The van der Waals surface area contributed by atoms with Crippen LogP contribution in [0.4, 0.5) is 0 Å². The van der Waals surface area contributed by atoms with E-state index in [9.17, 15) is 14.4 Å². The van der Waals surface area contributed by atoms with Gasteiger partial charge in [0.2, 0.25) is 0 Å². The average Bonchev–Trinajstić information content (AvgIpc) is 3.38. The predicted molar refractivity (Wildman–Crippen MR) is 311 cm³/mol. The molecule has 6 heteroatoms. The number of carbonyl (C=O) groups is 3. The van der Waals surface area contributed by atoms with Crippen molar-refractivity contribution in [2.45, 2.75) is 226 Å². The van der Waals surface area contributed by atoms with Crippen molar-refractivity contribution >= 4 is 17.9 Å². The van der Waals surface area contributed by atoms with Crippen LogP contribution in [0.2, 0.25) is 0 Å². The van der Waals surface area contributed by atoms with Crippen molar-refractivity contribution in [3.8, 4) is 0 Å². The summed E-state index contributed by atoms with van der Waals surface area (Å²) in [7, 11) is 0. The SMILES string of the molecule is CC/C=C\C/C=C\C/C=C\C/C=C\C/C=C\C/C=C\CCC(=O)OCC(COC(=O)CCCCC/C=C\C/C=C\C/C=C\C/C=C\CC)OC(=O)CCCCCCCCCCC/C=C\C/C=C\C/C=C\CC. The molecule has 0 heterocycles. The first-order chi connectivity index (χ1) is 35.5. The van der Waals surface area contributed by atoms with Gasteiger partial charge in [0.05, 0.1) is 0 Å². The van der Waals surface area contributed by atoms with E-state index < -0.39 is 6.10 Å². The summed E-state index contributed by atoms with van der Waals surface area (Å²) in [5.41, 5.74) is 0. The van der Waals surface area contributed by atoms with Gasteiger partial charge < -0.3 is 14.2 Å². The third-order valence-electron chi connectivity index (χ3n) is 11.3. The Kier molecular flexibility index (Phi) is 54.6. The van der Waals surface area contributed by atoms with Crippen molar-refractivity contribution in [3.05, 3.63) is 158 Å². The Morgan fingerprint density at radius 2 is 0.528 bits per heavy atom. The summed E-state index contributed by atoms with van der Waals surface area (Å²) < 4.78 is 16.8. The molecular weight excluding hydrogens is 889 g/mol. The molecule has 0 fully saturated rings. The van der Waals surface area contributed by atoms with Crippen LogP contribution in [-0.2, 0) is 28.6 Å². The molecule has 6 nitrogen and oxygen atoms in total. The van der Waals surface area contributed by atoms with Gasteiger partial charge in [-0.15, -0.1) is 0 Å². The minimum absolute atomic E-state index is 0.127. The number of unbranched alkanes of at least 4 members (excludes halogenated alkanes) is 12. The molecule has 1 unspecified atom stereocenters. The fourth-order valence-electron chi connectivity index (χ4n) is 7.12. The molecule has 0 aromatic rings. The molecule has 0 rings (SSSR count). The van der Waals surface area contributed by atoms with Crippen LogP contribution in [0.1, 0.15) is 220 Å². The highest BCUT2D eigenvalue weighted by atomic mass is 16.6. The minimum atomic E-state index is -0.834. The standard InChI is InChI=1S/C66H102O6/c1-4-7-10-13-16-19-22-25-28-31-33-35-38-41-44-47-50-53-56-59-65(68)71-62-63(61-70-64(67)58-55-52-49-46-43-40-37-30-27-24-21-18-15-12-9-6-3)72-66(69)60-57-54-51-48-45-42-39-36-34-32-29-26-23-20-17-14-11-8-5-2/h7-12,16-21,25-30,33,35,40-41,43-44,50,53,63H,4-6,13-15,22-24,31-32,34,36-39,42,45-49,51-52,54-62H2,1-3H3/b10-7-,11-8-,12-9-,19-16-,20-17-,21-18-,28-25-,29-26-,30-27-,35-33-,43-40-,44-41-,53-50-.